The van der Waals surface area contributed by atoms with Crippen molar-refractivity contribution in [1.82, 2.24) is 10.2 Å². The third-order valence-electron chi connectivity index (χ3n) is 5.26. The Morgan fingerprint density at radius 2 is 1.85 bits per heavy atom. The van der Waals surface area contributed by atoms with Crippen molar-refractivity contribution >= 4 is 30.7 Å². The molecular formula is C19H31Cl2N3O2. The Bertz CT molecular complexity index is 553. The summed E-state index contributed by atoms with van der Waals surface area (Å²) in [5.41, 5.74) is 8.56. The monoisotopic (exact) mass is 403 g/mol. The maximum Gasteiger partial charge on any atom is 0.220 e. The van der Waals surface area contributed by atoms with Gasteiger partial charge in [0.2, 0.25) is 5.91 Å². The van der Waals surface area contributed by atoms with Crippen LogP contribution in [0.5, 0.6) is 0 Å². The van der Waals surface area contributed by atoms with Crippen LogP contribution in [0.2, 0.25) is 0 Å². The lowest BCUT2D eigenvalue weighted by molar-refractivity contribution is -0.122. The molecular weight excluding hydrogens is 373 g/mol. The first-order valence-electron chi connectivity index (χ1n) is 9.11. The molecule has 0 spiro atoms. The number of hydrogen-bond donors (Lipinski definition) is 2. The van der Waals surface area contributed by atoms with Crippen LogP contribution in [0.1, 0.15) is 36.8 Å². The Morgan fingerprint density at radius 3 is 2.50 bits per heavy atom. The van der Waals surface area contributed by atoms with Crippen molar-refractivity contribution in [2.24, 2.45) is 11.7 Å². The van der Waals surface area contributed by atoms with Gasteiger partial charge in [0.15, 0.2) is 0 Å². The zero-order valence-electron chi connectivity index (χ0n) is 15.2. The second kappa shape index (κ2) is 11.8. The second-order valence-corrected chi connectivity index (χ2v) is 6.99. The minimum Gasteiger partial charge on any atom is -0.379 e. The number of nitrogens with one attached hydrogen (secondary N) is 1. The molecule has 0 unspecified atom stereocenters. The van der Waals surface area contributed by atoms with Crippen LogP contribution in [0.3, 0.4) is 0 Å². The van der Waals surface area contributed by atoms with E-state index >= 15 is 0 Å². The van der Waals surface area contributed by atoms with Crippen LogP contribution in [0.4, 0.5) is 0 Å². The number of carbonyl (C=O) groups is 1. The van der Waals surface area contributed by atoms with Gasteiger partial charge in [0.25, 0.3) is 0 Å². The van der Waals surface area contributed by atoms with Gasteiger partial charge in [0, 0.05) is 38.6 Å². The summed E-state index contributed by atoms with van der Waals surface area (Å²) in [7, 11) is 0. The van der Waals surface area contributed by atoms with Gasteiger partial charge in [-0.05, 0) is 29.9 Å². The van der Waals surface area contributed by atoms with E-state index < -0.39 is 0 Å². The number of amides is 1. The summed E-state index contributed by atoms with van der Waals surface area (Å²) in [6, 6.07) is 8.57. The normalized spacial score (nSPS) is 23.0. The van der Waals surface area contributed by atoms with Crippen molar-refractivity contribution in [3.8, 4) is 0 Å². The van der Waals surface area contributed by atoms with E-state index in [1.807, 2.05) is 6.07 Å². The lowest BCUT2D eigenvalue weighted by Crippen LogP contribution is -2.36. The van der Waals surface area contributed by atoms with E-state index in [1.54, 1.807) is 0 Å². The van der Waals surface area contributed by atoms with E-state index in [0.29, 0.717) is 18.9 Å². The summed E-state index contributed by atoms with van der Waals surface area (Å²) in [4.78, 5) is 14.6. The maximum absolute atomic E-state index is 12.2. The van der Waals surface area contributed by atoms with Crippen LogP contribution in [0.15, 0.2) is 24.3 Å². The Balaban J connectivity index is 0.00000169. The number of nitrogens with two attached hydrogens (primary N) is 1. The number of halogens is 2. The molecule has 1 saturated carbocycles. The van der Waals surface area contributed by atoms with Crippen LogP contribution >= 0.6 is 24.8 Å². The summed E-state index contributed by atoms with van der Waals surface area (Å²) in [5.74, 6) is 0.479. The van der Waals surface area contributed by atoms with Crippen molar-refractivity contribution in [2.45, 2.75) is 44.8 Å². The van der Waals surface area contributed by atoms with Gasteiger partial charge in [-0.1, -0.05) is 30.7 Å². The largest absolute Gasteiger partial charge is 0.379 e. The highest BCUT2D eigenvalue weighted by atomic mass is 35.5. The van der Waals surface area contributed by atoms with E-state index in [-0.39, 0.29) is 36.8 Å². The third kappa shape index (κ3) is 6.71. The molecule has 1 aliphatic carbocycles. The molecule has 3 N–H and O–H groups in total. The van der Waals surface area contributed by atoms with Crippen LogP contribution in [-0.4, -0.2) is 43.2 Å². The Morgan fingerprint density at radius 1 is 1.15 bits per heavy atom. The number of benzene rings is 1. The van der Waals surface area contributed by atoms with Crippen molar-refractivity contribution < 1.29 is 9.53 Å². The van der Waals surface area contributed by atoms with Crippen molar-refractivity contribution in [1.29, 1.82) is 0 Å². The third-order valence-corrected chi connectivity index (χ3v) is 5.26. The van der Waals surface area contributed by atoms with E-state index in [0.717, 1.165) is 52.1 Å². The Hall–Kier alpha value is -0.850. The minimum atomic E-state index is 0. The number of rotatable bonds is 6. The summed E-state index contributed by atoms with van der Waals surface area (Å²) >= 11 is 0. The lowest BCUT2D eigenvalue weighted by Gasteiger charge is -2.27. The molecule has 0 aromatic heterocycles. The van der Waals surface area contributed by atoms with Gasteiger partial charge in [-0.3, -0.25) is 9.69 Å². The molecule has 2 atom stereocenters. The van der Waals surface area contributed by atoms with Gasteiger partial charge < -0.3 is 15.8 Å². The highest BCUT2D eigenvalue weighted by Crippen LogP contribution is 2.26. The van der Waals surface area contributed by atoms with Crippen LogP contribution in [-0.2, 0) is 22.6 Å². The zero-order valence-corrected chi connectivity index (χ0v) is 16.8. The summed E-state index contributed by atoms with van der Waals surface area (Å²) < 4.78 is 5.41. The smallest absolute Gasteiger partial charge is 0.220 e. The molecule has 7 heteroatoms. The lowest BCUT2D eigenvalue weighted by atomic mass is 9.99. The first-order chi connectivity index (χ1) is 11.7. The van der Waals surface area contributed by atoms with Crippen LogP contribution < -0.4 is 11.1 Å². The first kappa shape index (κ1) is 23.2. The molecule has 1 aliphatic heterocycles. The zero-order chi connectivity index (χ0) is 16.8. The van der Waals surface area contributed by atoms with Crippen molar-refractivity contribution in [3.63, 3.8) is 0 Å². The molecule has 0 radical (unpaired) electrons. The molecule has 1 heterocycles. The predicted molar refractivity (Wildman–Crippen MR) is 109 cm³/mol. The van der Waals surface area contributed by atoms with E-state index in [2.05, 4.69) is 28.4 Å². The molecule has 148 valence electrons. The molecule has 5 nitrogen and oxygen atoms in total. The molecule has 26 heavy (non-hydrogen) atoms. The Labute approximate surface area is 168 Å². The van der Waals surface area contributed by atoms with Crippen molar-refractivity contribution in [2.75, 3.05) is 26.3 Å². The molecule has 2 aliphatic rings. The molecule has 2 fully saturated rings. The van der Waals surface area contributed by atoms with Crippen LogP contribution in [0, 0.1) is 5.92 Å². The van der Waals surface area contributed by atoms with Crippen molar-refractivity contribution in [3.05, 3.63) is 35.4 Å². The van der Waals surface area contributed by atoms with Gasteiger partial charge in [-0.15, -0.1) is 24.8 Å². The predicted octanol–water partition coefficient (Wildman–Crippen LogP) is 2.50. The van der Waals surface area contributed by atoms with Crippen LogP contribution in [0.25, 0.3) is 0 Å². The molecule has 1 aromatic rings. The van der Waals surface area contributed by atoms with Gasteiger partial charge in [-0.2, -0.15) is 0 Å². The fraction of sp³-hybridized carbons (Fsp3) is 0.632. The van der Waals surface area contributed by atoms with E-state index in [1.165, 1.54) is 11.1 Å². The maximum atomic E-state index is 12.2. The first-order valence-corrected chi connectivity index (χ1v) is 9.11. The number of ether oxygens (including phenoxy) is 1. The van der Waals surface area contributed by atoms with Gasteiger partial charge in [0.1, 0.15) is 0 Å². The van der Waals surface area contributed by atoms with E-state index in [9.17, 15) is 4.79 Å². The molecule has 3 rings (SSSR count). The SMILES string of the molecule is Cl.Cl.N[C@@H]1CCC[C@H]1CC(=O)NCc1ccccc1CN1CCOCC1. The fourth-order valence-electron chi connectivity index (χ4n) is 3.71. The summed E-state index contributed by atoms with van der Waals surface area (Å²) in [6.45, 7) is 5.08. The number of morpholine rings is 1. The summed E-state index contributed by atoms with van der Waals surface area (Å²) in [5, 5.41) is 3.09. The molecule has 1 amide bonds. The molecule has 1 saturated heterocycles. The standard InChI is InChI=1S/C19H29N3O2.2ClH/c20-18-7-3-6-15(18)12-19(23)21-13-16-4-1-2-5-17(16)14-22-8-10-24-11-9-22;;/h1-2,4-5,15,18H,3,6-14,20H2,(H,21,23);2*1H/t15-,18+;;/m0../s1. The van der Waals surface area contributed by atoms with E-state index in [4.69, 9.17) is 10.5 Å². The number of hydrogen-bond acceptors (Lipinski definition) is 4. The molecule has 1 aromatic carbocycles. The average molecular weight is 404 g/mol. The minimum absolute atomic E-state index is 0. The topological polar surface area (TPSA) is 67.6 Å². The Kier molecular flexibility index (Phi) is 10.5. The summed E-state index contributed by atoms with van der Waals surface area (Å²) in [6.07, 6.45) is 3.86. The highest BCUT2D eigenvalue weighted by molar-refractivity contribution is 5.85. The number of nitrogens with zero attached hydrogens (tertiary/aromatic N) is 1. The fourth-order valence-corrected chi connectivity index (χ4v) is 3.71. The average Bonchev–Trinajstić information content (AvgIpc) is 3.00. The van der Waals surface area contributed by atoms with Gasteiger partial charge in [-0.25, -0.2) is 0 Å². The number of carbonyl (C=O) groups excluding carboxylic acids is 1. The molecule has 0 bridgehead atoms. The second-order valence-electron chi connectivity index (χ2n) is 6.99. The highest BCUT2D eigenvalue weighted by Gasteiger charge is 2.25. The van der Waals surface area contributed by atoms with Gasteiger partial charge in [0.05, 0.1) is 13.2 Å². The van der Waals surface area contributed by atoms with Gasteiger partial charge >= 0.3 is 0 Å². The quantitative estimate of drug-likeness (QED) is 0.765.